The smallest absolute Gasteiger partial charge is 0.110 e. The highest BCUT2D eigenvalue weighted by atomic mass is 16.4. The van der Waals surface area contributed by atoms with E-state index in [9.17, 15) is 9.90 Å². The highest BCUT2D eigenvalue weighted by Crippen LogP contribution is 2.25. The third-order valence-corrected chi connectivity index (χ3v) is 4.97. The number of carbonyl (C=O) groups excluding carboxylic acids is 1. The second-order valence-electron chi connectivity index (χ2n) is 7.67. The molecule has 3 heteroatoms. The maximum atomic E-state index is 10.7. The van der Waals surface area contributed by atoms with Crippen LogP contribution in [0.25, 0.3) is 0 Å². The summed E-state index contributed by atoms with van der Waals surface area (Å²) >= 11 is 0. The molecule has 0 spiro atoms. The average Bonchev–Trinajstić information content (AvgIpc) is 2.62. The van der Waals surface area contributed by atoms with Crippen molar-refractivity contribution >= 4 is 5.97 Å². The number of benzene rings is 2. The molecule has 0 saturated carbocycles. The standard InChI is InChI=1S/C13H18O2.C10H13N/c1-9(2)8-11-4-6-12(7-5-11)10(3)13(14)15;11-10-7-3-5-8-4-1-2-6-9(8)10/h4-7,9-10H,8H2,1-3H3,(H,14,15);1-2,4,6,10H,3,5,7,11H2/t10-;/m0./s1. The Hall–Kier alpha value is -2.13. The molecule has 140 valence electrons. The van der Waals surface area contributed by atoms with Gasteiger partial charge in [0.15, 0.2) is 0 Å². The Morgan fingerprint density at radius 1 is 1.12 bits per heavy atom. The van der Waals surface area contributed by atoms with Gasteiger partial charge < -0.3 is 15.6 Å². The second-order valence-corrected chi connectivity index (χ2v) is 7.67. The minimum atomic E-state index is -1.02. The fourth-order valence-electron chi connectivity index (χ4n) is 3.40. The summed E-state index contributed by atoms with van der Waals surface area (Å²) in [5, 5.41) is 10.7. The summed E-state index contributed by atoms with van der Waals surface area (Å²) < 4.78 is 0. The average molecular weight is 354 g/mol. The Balaban J connectivity index is 0.000000195. The van der Waals surface area contributed by atoms with Crippen molar-refractivity contribution in [1.29, 1.82) is 0 Å². The third kappa shape index (κ3) is 5.70. The van der Waals surface area contributed by atoms with E-state index in [1.54, 1.807) is 6.92 Å². The lowest BCUT2D eigenvalue weighted by atomic mass is 9.88. The zero-order valence-corrected chi connectivity index (χ0v) is 16.2. The van der Waals surface area contributed by atoms with Crippen LogP contribution < -0.4 is 10.8 Å². The number of carboxylic acid groups (broad SMARTS) is 1. The largest absolute Gasteiger partial charge is 0.550 e. The normalized spacial score (nSPS) is 17.0. The minimum absolute atomic E-state index is 0.530. The van der Waals surface area contributed by atoms with Crippen LogP contribution in [-0.4, -0.2) is 5.97 Å². The molecule has 0 heterocycles. The van der Waals surface area contributed by atoms with Crippen molar-refractivity contribution in [1.82, 2.24) is 0 Å². The van der Waals surface area contributed by atoms with Gasteiger partial charge in [0.1, 0.15) is 6.04 Å². The predicted molar refractivity (Wildman–Crippen MR) is 103 cm³/mol. The van der Waals surface area contributed by atoms with E-state index in [4.69, 9.17) is 0 Å². The Labute approximate surface area is 157 Å². The Kier molecular flexibility index (Phi) is 7.40. The highest BCUT2D eigenvalue weighted by molar-refractivity contribution is 5.73. The van der Waals surface area contributed by atoms with Gasteiger partial charge in [-0.2, -0.15) is 0 Å². The topological polar surface area (TPSA) is 67.8 Å². The fourth-order valence-corrected chi connectivity index (χ4v) is 3.40. The van der Waals surface area contributed by atoms with Gasteiger partial charge in [0.25, 0.3) is 0 Å². The molecule has 0 saturated heterocycles. The van der Waals surface area contributed by atoms with E-state index in [-0.39, 0.29) is 0 Å². The van der Waals surface area contributed by atoms with E-state index in [0.717, 1.165) is 12.0 Å². The van der Waals surface area contributed by atoms with E-state index in [2.05, 4.69) is 43.8 Å². The molecule has 2 aromatic rings. The number of aryl methyl sites for hydroxylation is 1. The van der Waals surface area contributed by atoms with Gasteiger partial charge in [-0.25, -0.2) is 0 Å². The Bertz CT molecular complexity index is 706. The van der Waals surface area contributed by atoms with Crippen LogP contribution in [0.3, 0.4) is 0 Å². The van der Waals surface area contributed by atoms with Crippen molar-refractivity contribution in [3.05, 3.63) is 70.8 Å². The van der Waals surface area contributed by atoms with Crippen molar-refractivity contribution in [2.24, 2.45) is 5.92 Å². The van der Waals surface area contributed by atoms with Gasteiger partial charge in [-0.3, -0.25) is 0 Å². The van der Waals surface area contributed by atoms with Crippen LogP contribution in [0.1, 0.15) is 67.8 Å². The van der Waals surface area contributed by atoms with Gasteiger partial charge in [0.2, 0.25) is 0 Å². The highest BCUT2D eigenvalue weighted by Gasteiger charge is 2.17. The van der Waals surface area contributed by atoms with Crippen molar-refractivity contribution in [3.8, 4) is 0 Å². The van der Waals surface area contributed by atoms with Crippen LogP contribution in [0.2, 0.25) is 0 Å². The van der Waals surface area contributed by atoms with Crippen molar-refractivity contribution in [3.63, 3.8) is 0 Å². The maximum absolute atomic E-state index is 10.7. The van der Waals surface area contributed by atoms with Gasteiger partial charge in [-0.1, -0.05) is 69.3 Å². The summed E-state index contributed by atoms with van der Waals surface area (Å²) in [6.07, 6.45) is 4.85. The first kappa shape index (κ1) is 20.2. The zero-order valence-electron chi connectivity index (χ0n) is 16.2. The van der Waals surface area contributed by atoms with E-state index < -0.39 is 11.9 Å². The number of aliphatic carboxylic acids is 1. The summed E-state index contributed by atoms with van der Waals surface area (Å²) in [5.74, 6) is -0.931. The number of fused-ring (bicyclic) bond motifs is 1. The van der Waals surface area contributed by atoms with Crippen molar-refractivity contribution < 1.29 is 15.6 Å². The van der Waals surface area contributed by atoms with Crippen molar-refractivity contribution in [2.75, 3.05) is 0 Å². The summed E-state index contributed by atoms with van der Waals surface area (Å²) in [6.45, 7) is 5.97. The van der Waals surface area contributed by atoms with Crippen LogP contribution >= 0.6 is 0 Å². The molecule has 1 aliphatic rings. The van der Waals surface area contributed by atoms with Crippen LogP contribution in [0, 0.1) is 5.92 Å². The number of rotatable bonds is 4. The Morgan fingerprint density at radius 3 is 2.35 bits per heavy atom. The molecule has 3 nitrogen and oxygen atoms in total. The second kappa shape index (κ2) is 9.54. The summed E-state index contributed by atoms with van der Waals surface area (Å²) in [6, 6.07) is 17.0. The molecule has 1 aliphatic carbocycles. The van der Waals surface area contributed by atoms with Gasteiger partial charge in [0, 0.05) is 23.9 Å². The van der Waals surface area contributed by atoms with Crippen LogP contribution in [0.15, 0.2) is 48.5 Å². The Morgan fingerprint density at radius 2 is 1.77 bits per heavy atom. The van der Waals surface area contributed by atoms with E-state index in [1.165, 1.54) is 36.0 Å². The summed E-state index contributed by atoms with van der Waals surface area (Å²) in [4.78, 5) is 10.7. The van der Waals surface area contributed by atoms with Crippen LogP contribution in [0.5, 0.6) is 0 Å². The molecule has 0 aliphatic heterocycles. The minimum Gasteiger partial charge on any atom is -0.550 e. The predicted octanol–water partition coefficient (Wildman–Crippen LogP) is 3.04. The zero-order chi connectivity index (χ0) is 19.1. The number of hydrogen-bond donors (Lipinski definition) is 1. The molecule has 3 N–H and O–H groups in total. The number of hydrogen-bond acceptors (Lipinski definition) is 2. The van der Waals surface area contributed by atoms with E-state index in [0.29, 0.717) is 12.0 Å². The number of quaternary nitrogens is 1. The molecule has 0 fully saturated rings. The summed E-state index contributed by atoms with van der Waals surface area (Å²) in [5.41, 5.74) is 9.18. The molecule has 0 bridgehead atoms. The quantitative estimate of drug-likeness (QED) is 0.918. The number of carboxylic acids is 1. The first-order valence-electron chi connectivity index (χ1n) is 9.59. The molecular weight excluding hydrogens is 322 g/mol. The lowest BCUT2D eigenvalue weighted by Gasteiger charge is -2.18. The third-order valence-electron chi connectivity index (χ3n) is 4.97. The van der Waals surface area contributed by atoms with Gasteiger partial charge in [0.05, 0.1) is 0 Å². The van der Waals surface area contributed by atoms with E-state index in [1.807, 2.05) is 24.3 Å². The SMILES string of the molecule is CC(C)Cc1ccc([C@H](C)C(=O)[O-])cc1.[NH3+]C1CCCc2ccccc21. The molecule has 1 unspecified atom stereocenters. The molecule has 2 aromatic carbocycles. The van der Waals surface area contributed by atoms with Crippen LogP contribution in [-0.2, 0) is 17.6 Å². The molecule has 26 heavy (non-hydrogen) atoms. The van der Waals surface area contributed by atoms with Crippen LogP contribution in [0.4, 0.5) is 0 Å². The van der Waals surface area contributed by atoms with Gasteiger partial charge >= 0.3 is 0 Å². The van der Waals surface area contributed by atoms with Gasteiger partial charge in [-0.05, 0) is 41.9 Å². The first-order valence-corrected chi connectivity index (χ1v) is 9.59. The molecule has 2 atom stereocenters. The van der Waals surface area contributed by atoms with Crippen molar-refractivity contribution in [2.45, 2.75) is 58.4 Å². The molecule has 0 aromatic heterocycles. The lowest BCUT2D eigenvalue weighted by Crippen LogP contribution is -2.54. The van der Waals surface area contributed by atoms with Gasteiger partial charge in [-0.15, -0.1) is 0 Å². The molecule has 0 amide bonds. The first-order chi connectivity index (χ1) is 12.4. The number of carbonyl (C=O) groups is 1. The molecular formula is C23H31NO2. The lowest BCUT2D eigenvalue weighted by molar-refractivity contribution is -0.429. The maximum Gasteiger partial charge on any atom is 0.110 e. The summed E-state index contributed by atoms with van der Waals surface area (Å²) in [7, 11) is 0. The monoisotopic (exact) mass is 353 g/mol. The molecule has 0 radical (unpaired) electrons. The fraction of sp³-hybridized carbons (Fsp3) is 0.435. The van der Waals surface area contributed by atoms with E-state index >= 15 is 0 Å². The molecule has 3 rings (SSSR count).